The van der Waals surface area contributed by atoms with Gasteiger partial charge in [0.2, 0.25) is 40.8 Å². The molecule has 6 fully saturated rings. The first-order valence-corrected chi connectivity index (χ1v) is 42.6. The van der Waals surface area contributed by atoms with Gasteiger partial charge >= 0.3 is 0 Å². The van der Waals surface area contributed by atoms with Crippen molar-refractivity contribution in [1.82, 2.24) is 29.9 Å². The number of halogens is 19. The van der Waals surface area contributed by atoms with Crippen molar-refractivity contribution in [3.63, 3.8) is 0 Å². The number of nitriles is 3. The van der Waals surface area contributed by atoms with Gasteiger partial charge in [-0.15, -0.1) is 0 Å². The SMILES string of the molecule is CC(=O)CCc1cc(C#N)nc(NC2CCC(F)(F)CC2)c1.CC(=O)CCc1cc(Cl)nc(NC2CCC(F)(F)CC2)c1.CC(=O)CCc1cc(Cl)nc(NC2CCC(F)(F)CC2)c1.CC(=O)Cl.N#Cc1cc(Cl)nc(Cl)c1.N#Cc1cc(Cl)nc(NC2CCC(F)(F)CC2)c1.NC1CCC(F)(F)CC1.NCc1cc(Cl)nc(NC2CCC(F)(F)CC2)c1. The molecular formula is C84H101Cl7F12N16O4. The Kier molecular flexibility index (Phi) is 43.9. The fourth-order valence-corrected chi connectivity index (χ4v) is 14.7. The first kappa shape index (κ1) is 106. The standard InChI is InChI=1S/C16H19F2N3O.2C15H19ClF2N2O.C12H16ClF2N3.C12H12ClF2N3.C6H2Cl2N2.C6H11F2N.C2H3ClO/c1-11(22)2-3-12-8-14(10-19)21-15(9-12)20-13-4-6-16(17,18)7-5-13;2*1-10(21)2-3-11-8-13(16)20-14(9-11)19-12-4-6-15(17,18)7-5-12;2*13-10-5-8(7-16)6-11(18-10)17-9-1-3-12(14,15)4-2-9;7-5-1-4(3-9)2-6(8)10-5;7-6(8)3-1-5(9)2-4-6;1-2(3)4/h8-9,13H,2-7H2,1H3,(H,20,21);2*8-9,12H,2-7H2,1H3,(H,19,20);5-6,9H,1-4,7,16H2,(H,17,18);5-6,9H,1-4H2,(H,17,18);1-2H;5H,1-4,9H2;1H3. The first-order chi connectivity index (χ1) is 57.6. The number of rotatable bonds is 20. The van der Waals surface area contributed by atoms with Crippen molar-refractivity contribution in [2.24, 2.45) is 11.5 Å². The van der Waals surface area contributed by atoms with Crippen LogP contribution < -0.4 is 38.1 Å². The maximum Gasteiger partial charge on any atom is 0.248 e. The van der Waals surface area contributed by atoms with Crippen LogP contribution in [0.5, 0.6) is 0 Å². The number of hydrogen-bond donors (Lipinski definition) is 7. The lowest BCUT2D eigenvalue weighted by Gasteiger charge is -2.29. The fourth-order valence-electron chi connectivity index (χ4n) is 13.3. The summed E-state index contributed by atoms with van der Waals surface area (Å²) in [6, 6.07) is 25.8. The fraction of sp³-hybridized carbons (Fsp3) is 0.560. The summed E-state index contributed by atoms with van der Waals surface area (Å²) in [6.07, 6.45) is 7.10. The summed E-state index contributed by atoms with van der Waals surface area (Å²) in [7, 11) is 0. The number of anilines is 5. The molecule has 0 radical (unpaired) electrons. The van der Waals surface area contributed by atoms with E-state index in [1.165, 1.54) is 32.0 Å². The van der Waals surface area contributed by atoms with Crippen molar-refractivity contribution in [3.05, 3.63) is 143 Å². The summed E-state index contributed by atoms with van der Waals surface area (Å²) in [5.74, 6) is -12.0. The molecule has 674 valence electrons. The molecule has 0 atom stereocenters. The largest absolute Gasteiger partial charge is 0.367 e. The lowest BCUT2D eigenvalue weighted by atomic mass is 9.92. The van der Waals surface area contributed by atoms with Crippen molar-refractivity contribution in [1.29, 1.82) is 15.8 Å². The van der Waals surface area contributed by atoms with E-state index >= 15 is 0 Å². The molecule has 12 rings (SSSR count). The Morgan fingerprint density at radius 1 is 0.350 bits per heavy atom. The molecule has 6 saturated carbocycles. The maximum atomic E-state index is 13.2. The predicted molar refractivity (Wildman–Crippen MR) is 457 cm³/mol. The third-order valence-corrected chi connectivity index (χ3v) is 21.2. The highest BCUT2D eigenvalue weighted by Crippen LogP contribution is 2.40. The summed E-state index contributed by atoms with van der Waals surface area (Å²) < 4.78 is 155. The van der Waals surface area contributed by atoms with Gasteiger partial charge in [0.15, 0.2) is 0 Å². The second-order valence-electron chi connectivity index (χ2n) is 31.0. The Labute approximate surface area is 743 Å². The Balaban J connectivity index is 0.000000257. The predicted octanol–water partition coefficient (Wildman–Crippen LogP) is 23.3. The minimum atomic E-state index is -2.56. The Hall–Kier alpha value is -7.84. The summed E-state index contributed by atoms with van der Waals surface area (Å²) in [5.41, 5.74) is 15.6. The van der Waals surface area contributed by atoms with Crippen LogP contribution in [-0.2, 0) is 45.0 Å². The molecule has 0 aromatic carbocycles. The molecule has 123 heavy (non-hydrogen) atoms. The molecule has 6 aliphatic carbocycles. The van der Waals surface area contributed by atoms with Crippen LogP contribution in [-0.4, -0.2) is 124 Å². The lowest BCUT2D eigenvalue weighted by molar-refractivity contribution is -0.117. The van der Waals surface area contributed by atoms with Crippen LogP contribution in [0.15, 0.2) is 72.8 Å². The van der Waals surface area contributed by atoms with Crippen LogP contribution in [0, 0.1) is 34.0 Å². The minimum Gasteiger partial charge on any atom is -0.367 e. The van der Waals surface area contributed by atoms with Crippen molar-refractivity contribution in [3.8, 4) is 18.2 Å². The summed E-state index contributed by atoms with van der Waals surface area (Å²) in [6.45, 7) is 6.28. The van der Waals surface area contributed by atoms with E-state index in [0.717, 1.165) is 22.3 Å². The van der Waals surface area contributed by atoms with Gasteiger partial charge in [-0.05, 0) is 224 Å². The van der Waals surface area contributed by atoms with E-state index < -0.39 is 35.5 Å². The molecule has 0 aliphatic heterocycles. The topological polar surface area (TPSA) is 329 Å². The van der Waals surface area contributed by atoms with Crippen LogP contribution in [0.1, 0.15) is 240 Å². The second kappa shape index (κ2) is 51.1. The van der Waals surface area contributed by atoms with Crippen LogP contribution in [0.25, 0.3) is 0 Å². The highest BCUT2D eigenvalue weighted by Gasteiger charge is 2.40. The van der Waals surface area contributed by atoms with Gasteiger partial charge in [-0.3, -0.25) is 4.79 Å². The Morgan fingerprint density at radius 3 is 0.821 bits per heavy atom. The summed E-state index contributed by atoms with van der Waals surface area (Å²) >= 11 is 39.2. The van der Waals surface area contributed by atoms with E-state index in [1.54, 1.807) is 56.3 Å². The number of nitrogens with two attached hydrogens (primary N) is 2. The smallest absolute Gasteiger partial charge is 0.248 e. The van der Waals surface area contributed by atoms with Gasteiger partial charge < -0.3 is 52.4 Å². The van der Waals surface area contributed by atoms with E-state index in [1.807, 2.05) is 30.3 Å². The molecule has 39 heteroatoms. The number of nitrogens with zero attached hydrogens (tertiary/aromatic N) is 9. The second-order valence-corrected chi connectivity index (χ2v) is 33.9. The first-order valence-electron chi connectivity index (χ1n) is 40.0. The molecule has 20 nitrogen and oxygen atoms in total. The van der Waals surface area contributed by atoms with Crippen molar-refractivity contribution < 1.29 is 71.9 Å². The average molecular weight is 1870 g/mol. The van der Waals surface area contributed by atoms with E-state index in [-0.39, 0.29) is 157 Å². The number of aromatic nitrogens is 6. The molecule has 9 N–H and O–H groups in total. The van der Waals surface area contributed by atoms with Gasteiger partial charge in [-0.25, -0.2) is 82.6 Å². The minimum absolute atomic E-state index is 0.00347. The van der Waals surface area contributed by atoms with E-state index in [9.17, 15) is 71.9 Å². The number of aryl methyl sites for hydroxylation is 3. The molecule has 6 heterocycles. The van der Waals surface area contributed by atoms with Crippen molar-refractivity contribution >= 4 is 133 Å². The third-order valence-electron chi connectivity index (χ3n) is 20.0. The summed E-state index contributed by atoms with van der Waals surface area (Å²) in [5, 5.41) is 43.3. The number of carbonyl (C=O) groups excluding carboxylic acids is 4. The molecule has 6 aromatic heterocycles. The number of Topliss-reactive ketones (excluding diaryl/α,β-unsaturated/α-hetero) is 3. The zero-order valence-electron chi connectivity index (χ0n) is 68.3. The number of nitrogens with one attached hydrogen (secondary N) is 5. The van der Waals surface area contributed by atoms with Gasteiger partial charge in [0.05, 0.1) is 23.3 Å². The van der Waals surface area contributed by atoms with Crippen LogP contribution in [0.4, 0.5) is 81.8 Å². The van der Waals surface area contributed by atoms with E-state index in [2.05, 4.69) is 68.1 Å². The lowest BCUT2D eigenvalue weighted by Crippen LogP contribution is -2.32. The summed E-state index contributed by atoms with van der Waals surface area (Å²) in [4.78, 5) is 66.7. The molecular weight excluding hydrogens is 1770 g/mol. The molecule has 0 saturated heterocycles. The van der Waals surface area contributed by atoms with Gasteiger partial charge in [0.25, 0.3) is 0 Å². The maximum absolute atomic E-state index is 13.2. The van der Waals surface area contributed by atoms with Crippen LogP contribution in [0.3, 0.4) is 0 Å². The zero-order valence-corrected chi connectivity index (χ0v) is 73.6. The monoisotopic (exact) mass is 1870 g/mol. The van der Waals surface area contributed by atoms with E-state index in [0.29, 0.717) is 178 Å². The number of alkyl halides is 12. The molecule has 0 spiro atoms. The van der Waals surface area contributed by atoms with Crippen LogP contribution in [0.2, 0.25) is 30.9 Å². The van der Waals surface area contributed by atoms with Gasteiger partial charge in [0, 0.05) is 146 Å². The molecule has 6 aliphatic rings. The number of ketones is 3. The third kappa shape index (κ3) is 44.7. The van der Waals surface area contributed by atoms with Gasteiger partial charge in [-0.1, -0.05) is 69.6 Å². The molecule has 0 bridgehead atoms. The molecule has 0 amide bonds. The van der Waals surface area contributed by atoms with Gasteiger partial charge in [-0.2, -0.15) is 15.8 Å². The van der Waals surface area contributed by atoms with Crippen LogP contribution >= 0.6 is 81.2 Å². The number of hydrogen-bond acceptors (Lipinski definition) is 20. The van der Waals surface area contributed by atoms with Gasteiger partial charge in [0.1, 0.15) is 89.1 Å². The number of carbonyl (C=O) groups is 4. The molecule has 6 aromatic rings. The van der Waals surface area contributed by atoms with E-state index in [4.69, 9.17) is 96.9 Å². The quantitative estimate of drug-likeness (QED) is 0.0212. The number of pyridine rings is 6. The van der Waals surface area contributed by atoms with Crippen molar-refractivity contribution in [2.45, 2.75) is 299 Å². The molecule has 0 unspecified atom stereocenters. The highest BCUT2D eigenvalue weighted by atomic mass is 35.5. The normalized spacial score (nSPS) is 18.2. The Morgan fingerprint density at radius 2 is 0.569 bits per heavy atom. The highest BCUT2D eigenvalue weighted by molar-refractivity contribution is 6.62. The average Bonchev–Trinajstić information content (AvgIpc) is 0.858. The zero-order chi connectivity index (χ0) is 91.5. The van der Waals surface area contributed by atoms with Crippen molar-refractivity contribution in [2.75, 3.05) is 26.6 Å². The Bertz CT molecular complexity index is 4390.